The zero-order valence-electron chi connectivity index (χ0n) is 20.4. The third-order valence-corrected chi connectivity index (χ3v) is 6.60. The number of hydrogen-bond acceptors (Lipinski definition) is 4. The summed E-state index contributed by atoms with van der Waals surface area (Å²) >= 11 is 0. The van der Waals surface area contributed by atoms with Crippen molar-refractivity contribution in [2.24, 2.45) is 0 Å². The van der Waals surface area contributed by atoms with Gasteiger partial charge in [0.25, 0.3) is 0 Å². The number of carbonyl (C=O) groups is 1. The van der Waals surface area contributed by atoms with E-state index in [9.17, 15) is 4.79 Å². The number of hydrogen-bond donors (Lipinski definition) is 1. The molecule has 5 nitrogen and oxygen atoms in total. The van der Waals surface area contributed by atoms with E-state index in [0.717, 1.165) is 36.1 Å². The number of ether oxygens (including phenoxy) is 1. The maximum Gasteiger partial charge on any atom is 0.418 e. The van der Waals surface area contributed by atoms with Gasteiger partial charge in [-0.15, -0.1) is 0 Å². The molecule has 2 heterocycles. The second-order valence-corrected chi connectivity index (χ2v) is 10.3. The van der Waals surface area contributed by atoms with Crippen LogP contribution in [0.4, 0.5) is 10.5 Å². The Kier molecular flexibility index (Phi) is 5.82. The van der Waals surface area contributed by atoms with Crippen molar-refractivity contribution in [1.82, 2.24) is 9.88 Å². The zero-order valence-corrected chi connectivity index (χ0v) is 20.4. The van der Waals surface area contributed by atoms with Gasteiger partial charge in [0.05, 0.1) is 5.52 Å². The van der Waals surface area contributed by atoms with E-state index in [2.05, 4.69) is 77.8 Å². The van der Waals surface area contributed by atoms with Crippen molar-refractivity contribution in [2.45, 2.75) is 51.8 Å². The molecule has 1 saturated heterocycles. The summed E-state index contributed by atoms with van der Waals surface area (Å²) in [6, 6.07) is 24.1. The second kappa shape index (κ2) is 8.80. The Labute approximate surface area is 201 Å². The Balaban J connectivity index is 1.31. The Bertz CT molecular complexity index is 1330. The van der Waals surface area contributed by atoms with Crippen molar-refractivity contribution in [3.8, 4) is 0 Å². The van der Waals surface area contributed by atoms with Gasteiger partial charge in [0.2, 0.25) is 0 Å². The van der Waals surface area contributed by atoms with Gasteiger partial charge < -0.3 is 15.0 Å². The quantitative estimate of drug-likeness (QED) is 0.381. The number of anilines is 1. The lowest BCUT2D eigenvalue weighted by molar-refractivity contribution is 0.0544. The molecule has 1 aliphatic heterocycles. The summed E-state index contributed by atoms with van der Waals surface area (Å²) in [7, 11) is 0. The topological polar surface area (TPSA) is 46.5 Å². The fourth-order valence-corrected chi connectivity index (χ4v) is 4.99. The molecule has 1 aromatic heterocycles. The third kappa shape index (κ3) is 4.53. The highest BCUT2D eigenvalue weighted by Crippen LogP contribution is 2.29. The molecule has 34 heavy (non-hydrogen) atoms. The first-order chi connectivity index (χ1) is 16.3. The summed E-state index contributed by atoms with van der Waals surface area (Å²) in [4.78, 5) is 15.1. The molecule has 2 atom stereocenters. The lowest BCUT2D eigenvalue weighted by atomic mass is 9.99. The van der Waals surface area contributed by atoms with Crippen molar-refractivity contribution < 1.29 is 9.53 Å². The van der Waals surface area contributed by atoms with Crippen LogP contribution in [0.2, 0.25) is 0 Å². The summed E-state index contributed by atoms with van der Waals surface area (Å²) in [5.74, 6) is 0. The molecule has 1 aliphatic rings. The molecule has 0 radical (unpaired) electrons. The van der Waals surface area contributed by atoms with Crippen molar-refractivity contribution in [3.05, 3.63) is 78.5 Å². The second-order valence-electron chi connectivity index (χ2n) is 10.3. The molecular weight excluding hydrogens is 422 g/mol. The minimum atomic E-state index is -0.528. The summed E-state index contributed by atoms with van der Waals surface area (Å²) in [6.07, 6.45) is 2.53. The predicted octanol–water partition coefficient (Wildman–Crippen LogP) is 6.51. The first-order valence-electron chi connectivity index (χ1n) is 12.1. The van der Waals surface area contributed by atoms with Crippen LogP contribution in [0, 0.1) is 0 Å². The Morgan fingerprint density at radius 3 is 2.65 bits per heavy atom. The summed E-state index contributed by atoms with van der Waals surface area (Å²) in [5, 5.41) is 7.48. The van der Waals surface area contributed by atoms with Crippen molar-refractivity contribution in [3.63, 3.8) is 0 Å². The number of benzene rings is 3. The van der Waals surface area contributed by atoms with Gasteiger partial charge in [0, 0.05) is 42.4 Å². The van der Waals surface area contributed by atoms with Crippen LogP contribution in [0.15, 0.2) is 72.9 Å². The Morgan fingerprint density at radius 2 is 1.82 bits per heavy atom. The molecule has 0 aliphatic carbocycles. The van der Waals surface area contributed by atoms with Gasteiger partial charge in [-0.25, -0.2) is 4.79 Å². The van der Waals surface area contributed by atoms with Crippen molar-refractivity contribution in [2.75, 3.05) is 18.0 Å². The zero-order chi connectivity index (χ0) is 23.9. The largest absolute Gasteiger partial charge is 0.443 e. The molecule has 176 valence electrons. The average Bonchev–Trinajstić information content (AvgIpc) is 3.44. The molecule has 0 saturated carbocycles. The molecular formula is C29H33N3O2. The van der Waals surface area contributed by atoms with Crippen LogP contribution in [0.1, 0.15) is 45.7 Å². The molecule has 5 heteroatoms. The number of fused-ring (bicyclic) bond motifs is 2. The van der Waals surface area contributed by atoms with E-state index < -0.39 is 5.60 Å². The standard InChI is InChI=1S/C29H33N3O2/c1-20(25-11-7-9-21-8-5-6-10-26(21)25)30-23-15-16-31(19-23)24-13-12-22-14-17-32(27(22)18-24)28(33)34-29(2,3)4/h5-14,17-18,20,23,30H,15-16,19H2,1-4H3/t20-,23+/m1/s1. The van der Waals surface area contributed by atoms with Crippen LogP contribution >= 0.6 is 0 Å². The summed E-state index contributed by atoms with van der Waals surface area (Å²) < 4.78 is 7.20. The van der Waals surface area contributed by atoms with Crippen LogP contribution in [0.3, 0.4) is 0 Å². The van der Waals surface area contributed by atoms with Crippen LogP contribution in [-0.4, -0.2) is 35.4 Å². The third-order valence-electron chi connectivity index (χ3n) is 6.60. The number of rotatable bonds is 4. The van der Waals surface area contributed by atoms with Crippen molar-refractivity contribution in [1.29, 1.82) is 0 Å². The number of carbonyl (C=O) groups excluding carboxylic acids is 1. The fraction of sp³-hybridized carbons (Fsp3) is 0.345. The summed E-state index contributed by atoms with van der Waals surface area (Å²) in [6.45, 7) is 9.84. The molecule has 5 rings (SSSR count). The first-order valence-corrected chi connectivity index (χ1v) is 12.1. The van der Waals surface area contributed by atoms with E-state index in [-0.39, 0.29) is 12.1 Å². The lowest BCUT2D eigenvalue weighted by Crippen LogP contribution is -2.34. The van der Waals surface area contributed by atoms with E-state index in [4.69, 9.17) is 4.74 Å². The average molecular weight is 456 g/mol. The van der Waals surface area contributed by atoms with Gasteiger partial charge in [0.1, 0.15) is 5.60 Å². The van der Waals surface area contributed by atoms with Gasteiger partial charge in [-0.3, -0.25) is 4.57 Å². The highest BCUT2D eigenvalue weighted by molar-refractivity contribution is 5.91. The number of nitrogens with one attached hydrogen (secondary N) is 1. The van der Waals surface area contributed by atoms with Crippen molar-refractivity contribution >= 4 is 33.5 Å². The molecule has 0 amide bonds. The summed E-state index contributed by atoms with van der Waals surface area (Å²) in [5.41, 5.74) is 2.83. The predicted molar refractivity (Wildman–Crippen MR) is 140 cm³/mol. The monoisotopic (exact) mass is 455 g/mol. The van der Waals surface area contributed by atoms with E-state index in [0.29, 0.717) is 6.04 Å². The molecule has 1 N–H and O–H groups in total. The highest BCUT2D eigenvalue weighted by Gasteiger charge is 2.25. The minimum absolute atomic E-state index is 0.267. The fourth-order valence-electron chi connectivity index (χ4n) is 4.99. The van der Waals surface area contributed by atoms with Crippen LogP contribution in [-0.2, 0) is 4.74 Å². The molecule has 4 aromatic rings. The van der Waals surface area contributed by atoms with Crippen LogP contribution in [0.5, 0.6) is 0 Å². The van der Waals surface area contributed by atoms with E-state index in [1.807, 2.05) is 26.8 Å². The van der Waals surface area contributed by atoms with Gasteiger partial charge in [0.15, 0.2) is 0 Å². The maximum absolute atomic E-state index is 12.7. The van der Waals surface area contributed by atoms with E-state index in [1.54, 1.807) is 10.8 Å². The minimum Gasteiger partial charge on any atom is -0.443 e. The normalized spacial score (nSPS) is 17.4. The lowest BCUT2D eigenvalue weighted by Gasteiger charge is -2.23. The molecule has 1 fully saturated rings. The molecule has 0 unspecified atom stereocenters. The number of aromatic nitrogens is 1. The smallest absolute Gasteiger partial charge is 0.418 e. The molecule has 0 bridgehead atoms. The van der Waals surface area contributed by atoms with Crippen LogP contribution < -0.4 is 10.2 Å². The van der Waals surface area contributed by atoms with E-state index >= 15 is 0 Å². The number of nitrogens with zero attached hydrogens (tertiary/aromatic N) is 2. The van der Waals surface area contributed by atoms with Gasteiger partial charge in [-0.05, 0) is 68.7 Å². The van der Waals surface area contributed by atoms with Gasteiger partial charge >= 0.3 is 6.09 Å². The maximum atomic E-state index is 12.7. The first kappa shape index (κ1) is 22.5. The molecule has 3 aromatic carbocycles. The van der Waals surface area contributed by atoms with Crippen LogP contribution in [0.25, 0.3) is 21.7 Å². The Morgan fingerprint density at radius 1 is 1.03 bits per heavy atom. The Hall–Kier alpha value is -3.31. The SMILES string of the molecule is C[C@@H](N[C@H]1CCN(c2ccc3ccn(C(=O)OC(C)(C)C)c3c2)C1)c1cccc2ccccc12. The molecule has 0 spiro atoms. The van der Waals surface area contributed by atoms with Gasteiger partial charge in [-0.1, -0.05) is 48.5 Å². The highest BCUT2D eigenvalue weighted by atomic mass is 16.6. The van der Waals surface area contributed by atoms with E-state index in [1.165, 1.54) is 16.3 Å². The van der Waals surface area contributed by atoms with Gasteiger partial charge in [-0.2, -0.15) is 0 Å².